The summed E-state index contributed by atoms with van der Waals surface area (Å²) >= 11 is 3.05. The van der Waals surface area contributed by atoms with Crippen LogP contribution in [0.3, 0.4) is 0 Å². The number of benzene rings is 1. The van der Waals surface area contributed by atoms with Gasteiger partial charge < -0.3 is 10.2 Å². The van der Waals surface area contributed by atoms with Crippen molar-refractivity contribution in [2.75, 3.05) is 6.54 Å². The molecule has 0 spiro atoms. The minimum absolute atomic E-state index is 0.0133. The van der Waals surface area contributed by atoms with Crippen molar-refractivity contribution < 1.29 is 23.4 Å². The summed E-state index contributed by atoms with van der Waals surface area (Å²) in [6.07, 6.45) is -0.279. The molecular formula is C13H18BrNO5S. The summed E-state index contributed by atoms with van der Waals surface area (Å²) in [5.74, 6) is -0.883. The minimum Gasteiger partial charge on any atom is -0.478 e. The Balaban J connectivity index is 2.86. The van der Waals surface area contributed by atoms with E-state index < -0.39 is 22.1 Å². The predicted molar refractivity (Wildman–Crippen MR) is 81.8 cm³/mol. The topological polar surface area (TPSA) is 104 Å². The molecule has 0 saturated carbocycles. The summed E-state index contributed by atoms with van der Waals surface area (Å²) in [5.41, 5.74) is -0.0133. The smallest absolute Gasteiger partial charge is 0.335 e. The molecule has 0 saturated heterocycles. The Morgan fingerprint density at radius 3 is 2.48 bits per heavy atom. The standard InChI is InChI=1S/C13H18BrNO5S/c1-8(2)5-10(16)7-15-21(19,20)12-4-3-9(13(17)18)6-11(12)14/h3-4,6,8,10,15-16H,5,7H2,1-2H3,(H,17,18). The molecule has 0 aliphatic rings. The Labute approximate surface area is 132 Å². The molecule has 1 unspecified atom stereocenters. The lowest BCUT2D eigenvalue weighted by atomic mass is 10.1. The molecule has 3 N–H and O–H groups in total. The summed E-state index contributed by atoms with van der Waals surface area (Å²) in [6, 6.07) is 3.65. The lowest BCUT2D eigenvalue weighted by molar-refractivity contribution is 0.0696. The summed E-state index contributed by atoms with van der Waals surface area (Å²) in [7, 11) is -3.81. The van der Waals surface area contributed by atoms with E-state index in [9.17, 15) is 18.3 Å². The molecule has 21 heavy (non-hydrogen) atoms. The number of carbonyl (C=O) groups is 1. The third-order valence-electron chi connectivity index (χ3n) is 2.72. The van der Waals surface area contributed by atoms with E-state index >= 15 is 0 Å². The molecule has 118 valence electrons. The van der Waals surface area contributed by atoms with Gasteiger partial charge in [-0.15, -0.1) is 0 Å². The van der Waals surface area contributed by atoms with Gasteiger partial charge in [0.1, 0.15) is 0 Å². The van der Waals surface area contributed by atoms with Crippen LogP contribution in [0.2, 0.25) is 0 Å². The second-order valence-electron chi connectivity index (χ2n) is 5.09. The highest BCUT2D eigenvalue weighted by atomic mass is 79.9. The van der Waals surface area contributed by atoms with Crippen molar-refractivity contribution in [2.45, 2.75) is 31.3 Å². The molecule has 1 aromatic rings. The fraction of sp³-hybridized carbons (Fsp3) is 0.462. The van der Waals surface area contributed by atoms with Gasteiger partial charge >= 0.3 is 5.97 Å². The van der Waals surface area contributed by atoms with E-state index in [-0.39, 0.29) is 27.4 Å². The van der Waals surface area contributed by atoms with Crippen LogP contribution in [0.1, 0.15) is 30.6 Å². The van der Waals surface area contributed by atoms with Crippen LogP contribution in [0, 0.1) is 5.92 Å². The number of aliphatic hydroxyl groups is 1. The Bertz CT molecular complexity index is 615. The van der Waals surface area contributed by atoms with Crippen molar-refractivity contribution in [1.82, 2.24) is 4.72 Å². The fourth-order valence-electron chi connectivity index (χ4n) is 1.76. The molecule has 0 aliphatic heterocycles. The summed E-state index contributed by atoms with van der Waals surface area (Å²) in [5, 5.41) is 18.5. The van der Waals surface area contributed by atoms with Crippen molar-refractivity contribution in [1.29, 1.82) is 0 Å². The molecule has 0 radical (unpaired) electrons. The molecular weight excluding hydrogens is 362 g/mol. The normalized spacial score (nSPS) is 13.4. The van der Waals surface area contributed by atoms with Gasteiger partial charge in [-0.3, -0.25) is 0 Å². The van der Waals surface area contributed by atoms with Crippen molar-refractivity contribution in [3.63, 3.8) is 0 Å². The van der Waals surface area contributed by atoms with Crippen LogP contribution in [-0.2, 0) is 10.0 Å². The van der Waals surface area contributed by atoms with Gasteiger partial charge in [0.15, 0.2) is 0 Å². The molecule has 8 heteroatoms. The Hall–Kier alpha value is -0.960. The van der Waals surface area contributed by atoms with Crippen molar-refractivity contribution in [2.24, 2.45) is 5.92 Å². The second kappa shape index (κ2) is 7.35. The highest BCUT2D eigenvalue weighted by Crippen LogP contribution is 2.23. The summed E-state index contributed by atoms with van der Waals surface area (Å²) in [4.78, 5) is 10.7. The SMILES string of the molecule is CC(C)CC(O)CNS(=O)(=O)c1ccc(C(=O)O)cc1Br. The van der Waals surface area contributed by atoms with E-state index in [1.165, 1.54) is 18.2 Å². The number of halogens is 1. The number of rotatable bonds is 7. The van der Waals surface area contributed by atoms with E-state index in [1.54, 1.807) is 0 Å². The number of hydrogen-bond donors (Lipinski definition) is 3. The van der Waals surface area contributed by atoms with Gasteiger partial charge in [-0.25, -0.2) is 17.9 Å². The minimum atomic E-state index is -3.81. The second-order valence-corrected chi connectivity index (χ2v) is 7.68. The van der Waals surface area contributed by atoms with Crippen molar-refractivity contribution in [3.8, 4) is 0 Å². The number of sulfonamides is 1. The maximum absolute atomic E-state index is 12.1. The summed E-state index contributed by atoms with van der Waals surface area (Å²) in [6.45, 7) is 3.77. The average Bonchev–Trinajstić information content (AvgIpc) is 2.35. The molecule has 0 heterocycles. The van der Waals surface area contributed by atoms with Crippen LogP contribution in [0.25, 0.3) is 0 Å². The maximum Gasteiger partial charge on any atom is 0.335 e. The molecule has 1 atom stereocenters. The number of hydrogen-bond acceptors (Lipinski definition) is 4. The van der Waals surface area contributed by atoms with E-state index in [0.29, 0.717) is 6.42 Å². The van der Waals surface area contributed by atoms with Gasteiger partial charge in [0.05, 0.1) is 16.6 Å². The number of aliphatic hydroxyl groups excluding tert-OH is 1. The van der Waals surface area contributed by atoms with Gasteiger partial charge in [0, 0.05) is 11.0 Å². The first-order chi connectivity index (χ1) is 9.63. The van der Waals surface area contributed by atoms with Gasteiger partial charge in [0.25, 0.3) is 0 Å². The molecule has 0 bridgehead atoms. The largest absolute Gasteiger partial charge is 0.478 e. The first-order valence-electron chi connectivity index (χ1n) is 6.34. The van der Waals surface area contributed by atoms with Crippen LogP contribution in [0.5, 0.6) is 0 Å². The van der Waals surface area contributed by atoms with Gasteiger partial charge in [-0.1, -0.05) is 13.8 Å². The van der Waals surface area contributed by atoms with Crippen LogP contribution >= 0.6 is 15.9 Å². The molecule has 0 fully saturated rings. The van der Waals surface area contributed by atoms with E-state index in [0.717, 1.165) is 0 Å². The fourth-order valence-corrected chi connectivity index (χ4v) is 3.91. The van der Waals surface area contributed by atoms with Gasteiger partial charge in [-0.05, 0) is 46.5 Å². The van der Waals surface area contributed by atoms with Crippen LogP contribution in [0.15, 0.2) is 27.6 Å². The first kappa shape index (κ1) is 18.1. The monoisotopic (exact) mass is 379 g/mol. The first-order valence-corrected chi connectivity index (χ1v) is 8.61. The Morgan fingerprint density at radius 2 is 2.00 bits per heavy atom. The van der Waals surface area contributed by atoms with Crippen LogP contribution < -0.4 is 4.72 Å². The van der Waals surface area contributed by atoms with E-state index in [1.807, 2.05) is 13.8 Å². The quantitative estimate of drug-likeness (QED) is 0.670. The lowest BCUT2D eigenvalue weighted by Gasteiger charge is -2.14. The molecule has 1 aromatic carbocycles. The third-order valence-corrected chi connectivity index (χ3v) is 5.12. The number of aromatic carboxylic acids is 1. The zero-order valence-corrected chi connectivity index (χ0v) is 14.1. The maximum atomic E-state index is 12.1. The highest BCUT2D eigenvalue weighted by molar-refractivity contribution is 9.10. The average molecular weight is 380 g/mol. The molecule has 0 aromatic heterocycles. The number of carboxylic acids is 1. The number of carboxylic acid groups (broad SMARTS) is 1. The third kappa shape index (κ3) is 5.39. The van der Waals surface area contributed by atoms with Crippen molar-refractivity contribution >= 4 is 31.9 Å². The van der Waals surface area contributed by atoms with Crippen molar-refractivity contribution in [3.05, 3.63) is 28.2 Å². The van der Waals surface area contributed by atoms with Crippen LogP contribution in [0.4, 0.5) is 0 Å². The van der Waals surface area contributed by atoms with Gasteiger partial charge in [-0.2, -0.15) is 0 Å². The lowest BCUT2D eigenvalue weighted by Crippen LogP contribution is -2.33. The molecule has 0 aliphatic carbocycles. The summed E-state index contributed by atoms with van der Waals surface area (Å²) < 4.78 is 26.7. The zero-order valence-electron chi connectivity index (χ0n) is 11.7. The van der Waals surface area contributed by atoms with Gasteiger partial charge in [0.2, 0.25) is 10.0 Å². The number of nitrogens with one attached hydrogen (secondary N) is 1. The highest BCUT2D eigenvalue weighted by Gasteiger charge is 2.20. The van der Waals surface area contributed by atoms with E-state index in [2.05, 4.69) is 20.7 Å². The zero-order chi connectivity index (χ0) is 16.2. The van der Waals surface area contributed by atoms with Crippen LogP contribution in [-0.4, -0.2) is 37.2 Å². The Morgan fingerprint density at radius 1 is 1.38 bits per heavy atom. The Kier molecular flexibility index (Phi) is 6.33. The predicted octanol–water partition coefficient (Wildman–Crippen LogP) is 1.83. The molecule has 0 amide bonds. The molecule has 6 nitrogen and oxygen atoms in total. The molecule has 1 rings (SSSR count). The van der Waals surface area contributed by atoms with E-state index in [4.69, 9.17) is 5.11 Å².